The zero-order valence-corrected chi connectivity index (χ0v) is 11.2. The van der Waals surface area contributed by atoms with E-state index < -0.39 is 0 Å². The zero-order chi connectivity index (χ0) is 13.2. The monoisotopic (exact) mass is 255 g/mol. The number of benzene rings is 1. The summed E-state index contributed by atoms with van der Waals surface area (Å²) in [6.45, 7) is 4.91. The van der Waals surface area contributed by atoms with Crippen LogP contribution < -0.4 is 0 Å². The van der Waals surface area contributed by atoms with Gasteiger partial charge in [-0.3, -0.25) is 5.10 Å². The predicted molar refractivity (Wildman–Crippen MR) is 73.9 cm³/mol. The SMILES string of the molecule is CCc1nc2ccccc2n1CCc1n[nH]c(C)n1. The molecule has 0 amide bonds. The van der Waals surface area contributed by atoms with Crippen molar-refractivity contribution in [2.75, 3.05) is 0 Å². The first-order valence-electron chi connectivity index (χ1n) is 6.60. The molecule has 5 heteroatoms. The van der Waals surface area contributed by atoms with Crippen LogP contribution in [0.4, 0.5) is 0 Å². The Morgan fingerprint density at radius 3 is 2.79 bits per heavy atom. The predicted octanol–water partition coefficient (Wildman–Crippen LogP) is 2.27. The molecular weight excluding hydrogens is 238 g/mol. The third-order valence-corrected chi connectivity index (χ3v) is 3.25. The van der Waals surface area contributed by atoms with Crippen molar-refractivity contribution in [3.63, 3.8) is 0 Å². The summed E-state index contributed by atoms with van der Waals surface area (Å²) in [6, 6.07) is 8.25. The van der Waals surface area contributed by atoms with E-state index >= 15 is 0 Å². The maximum atomic E-state index is 4.66. The van der Waals surface area contributed by atoms with Gasteiger partial charge in [0.25, 0.3) is 0 Å². The first-order chi connectivity index (χ1) is 9.28. The summed E-state index contributed by atoms with van der Waals surface area (Å²) in [6.07, 6.45) is 1.75. The second-order valence-electron chi connectivity index (χ2n) is 4.61. The van der Waals surface area contributed by atoms with E-state index in [4.69, 9.17) is 0 Å². The number of aryl methyl sites for hydroxylation is 4. The van der Waals surface area contributed by atoms with Gasteiger partial charge >= 0.3 is 0 Å². The molecule has 0 radical (unpaired) electrons. The smallest absolute Gasteiger partial charge is 0.152 e. The minimum Gasteiger partial charge on any atom is -0.328 e. The number of H-pyrrole nitrogens is 1. The van der Waals surface area contributed by atoms with Crippen molar-refractivity contribution in [2.24, 2.45) is 0 Å². The number of aromatic amines is 1. The molecule has 0 spiro atoms. The molecule has 1 aromatic carbocycles. The topological polar surface area (TPSA) is 59.4 Å². The molecule has 19 heavy (non-hydrogen) atoms. The molecule has 0 atom stereocenters. The van der Waals surface area contributed by atoms with Crippen LogP contribution in [0, 0.1) is 6.92 Å². The largest absolute Gasteiger partial charge is 0.328 e. The molecule has 3 rings (SSSR count). The third-order valence-electron chi connectivity index (χ3n) is 3.25. The van der Waals surface area contributed by atoms with Crippen LogP contribution in [0.2, 0.25) is 0 Å². The fourth-order valence-electron chi connectivity index (χ4n) is 2.36. The highest BCUT2D eigenvalue weighted by Crippen LogP contribution is 2.16. The maximum Gasteiger partial charge on any atom is 0.152 e. The van der Waals surface area contributed by atoms with Gasteiger partial charge in [-0.1, -0.05) is 19.1 Å². The standard InChI is InChI=1S/C14H17N5/c1-3-14-16-11-6-4-5-7-12(11)19(14)9-8-13-15-10(2)17-18-13/h4-7H,3,8-9H2,1-2H3,(H,15,17,18). The van der Waals surface area contributed by atoms with Gasteiger partial charge in [-0.15, -0.1) is 0 Å². The Balaban J connectivity index is 1.90. The zero-order valence-electron chi connectivity index (χ0n) is 11.2. The quantitative estimate of drug-likeness (QED) is 0.778. The Morgan fingerprint density at radius 1 is 1.21 bits per heavy atom. The van der Waals surface area contributed by atoms with Crippen LogP contribution in [0.1, 0.15) is 24.4 Å². The van der Waals surface area contributed by atoms with Gasteiger partial charge in [0.2, 0.25) is 0 Å². The first kappa shape index (κ1) is 11.9. The second-order valence-corrected chi connectivity index (χ2v) is 4.61. The highest BCUT2D eigenvalue weighted by Gasteiger charge is 2.09. The van der Waals surface area contributed by atoms with Gasteiger partial charge in [0.15, 0.2) is 5.82 Å². The van der Waals surface area contributed by atoms with E-state index in [0.717, 1.165) is 42.4 Å². The number of hydrogen-bond acceptors (Lipinski definition) is 3. The van der Waals surface area contributed by atoms with Gasteiger partial charge in [-0.05, 0) is 19.1 Å². The van der Waals surface area contributed by atoms with Crippen LogP contribution >= 0.6 is 0 Å². The molecule has 0 saturated heterocycles. The lowest BCUT2D eigenvalue weighted by atomic mass is 10.3. The van der Waals surface area contributed by atoms with Crippen molar-refractivity contribution in [1.82, 2.24) is 24.7 Å². The first-order valence-corrected chi connectivity index (χ1v) is 6.60. The number of nitrogens with zero attached hydrogens (tertiary/aromatic N) is 4. The van der Waals surface area contributed by atoms with E-state index in [9.17, 15) is 0 Å². The number of hydrogen-bond donors (Lipinski definition) is 1. The number of fused-ring (bicyclic) bond motifs is 1. The molecule has 0 unspecified atom stereocenters. The molecular formula is C14H17N5. The van der Waals surface area contributed by atoms with Crippen molar-refractivity contribution < 1.29 is 0 Å². The Hall–Kier alpha value is -2.17. The molecule has 0 aliphatic carbocycles. The molecule has 0 fully saturated rings. The molecule has 0 aliphatic heterocycles. The molecule has 2 heterocycles. The molecule has 0 aliphatic rings. The average molecular weight is 255 g/mol. The summed E-state index contributed by atoms with van der Waals surface area (Å²) >= 11 is 0. The number of rotatable bonds is 4. The summed E-state index contributed by atoms with van der Waals surface area (Å²) in [4.78, 5) is 9.01. The van der Waals surface area contributed by atoms with E-state index in [2.05, 4.69) is 49.9 Å². The average Bonchev–Trinajstić information content (AvgIpc) is 2.99. The Bertz CT molecular complexity index is 695. The lowest BCUT2D eigenvalue weighted by Crippen LogP contribution is -2.06. The number of aromatic nitrogens is 5. The van der Waals surface area contributed by atoms with Gasteiger partial charge in [0.05, 0.1) is 11.0 Å². The Labute approximate surface area is 111 Å². The molecule has 98 valence electrons. The summed E-state index contributed by atoms with van der Waals surface area (Å²) in [5.74, 6) is 2.84. The summed E-state index contributed by atoms with van der Waals surface area (Å²) in [7, 11) is 0. The van der Waals surface area contributed by atoms with Crippen LogP contribution in [-0.4, -0.2) is 24.7 Å². The van der Waals surface area contributed by atoms with Crippen molar-refractivity contribution in [1.29, 1.82) is 0 Å². The van der Waals surface area contributed by atoms with Gasteiger partial charge in [0.1, 0.15) is 11.6 Å². The van der Waals surface area contributed by atoms with Crippen LogP contribution in [0.3, 0.4) is 0 Å². The van der Waals surface area contributed by atoms with Crippen molar-refractivity contribution in [3.05, 3.63) is 41.7 Å². The van der Waals surface area contributed by atoms with Crippen molar-refractivity contribution >= 4 is 11.0 Å². The van der Waals surface area contributed by atoms with E-state index in [1.54, 1.807) is 0 Å². The third kappa shape index (κ3) is 2.23. The molecule has 5 nitrogen and oxygen atoms in total. The van der Waals surface area contributed by atoms with Crippen LogP contribution in [0.15, 0.2) is 24.3 Å². The Morgan fingerprint density at radius 2 is 2.05 bits per heavy atom. The van der Waals surface area contributed by atoms with E-state index in [0.29, 0.717) is 0 Å². The van der Waals surface area contributed by atoms with Gasteiger partial charge in [-0.2, -0.15) is 5.10 Å². The van der Waals surface area contributed by atoms with Crippen molar-refractivity contribution in [2.45, 2.75) is 33.2 Å². The Kier molecular flexibility index (Phi) is 3.03. The fraction of sp³-hybridized carbons (Fsp3) is 0.357. The van der Waals surface area contributed by atoms with Crippen LogP contribution in [0.25, 0.3) is 11.0 Å². The van der Waals surface area contributed by atoms with Gasteiger partial charge < -0.3 is 4.57 Å². The minimum atomic E-state index is 0.817. The minimum absolute atomic E-state index is 0.817. The maximum absolute atomic E-state index is 4.66. The van der Waals surface area contributed by atoms with E-state index in [1.165, 1.54) is 5.52 Å². The van der Waals surface area contributed by atoms with E-state index in [-0.39, 0.29) is 0 Å². The summed E-state index contributed by atoms with van der Waals surface area (Å²) in [5, 5.41) is 7.06. The normalized spacial score (nSPS) is 11.3. The lowest BCUT2D eigenvalue weighted by molar-refractivity contribution is 0.655. The fourth-order valence-corrected chi connectivity index (χ4v) is 2.36. The molecule has 3 aromatic rings. The van der Waals surface area contributed by atoms with Crippen LogP contribution in [0.5, 0.6) is 0 Å². The highest BCUT2D eigenvalue weighted by atomic mass is 15.2. The van der Waals surface area contributed by atoms with Gasteiger partial charge in [-0.25, -0.2) is 9.97 Å². The number of imidazole rings is 1. The van der Waals surface area contributed by atoms with Crippen LogP contribution in [-0.2, 0) is 19.4 Å². The second kappa shape index (κ2) is 4.84. The van der Waals surface area contributed by atoms with Crippen molar-refractivity contribution in [3.8, 4) is 0 Å². The molecule has 1 N–H and O–H groups in total. The lowest BCUT2D eigenvalue weighted by Gasteiger charge is -2.06. The molecule has 0 saturated carbocycles. The summed E-state index contributed by atoms with van der Waals surface area (Å²) in [5.41, 5.74) is 2.25. The number of para-hydroxylation sites is 2. The number of nitrogens with one attached hydrogen (secondary N) is 1. The molecule has 0 bridgehead atoms. The van der Waals surface area contributed by atoms with Gasteiger partial charge in [0, 0.05) is 19.4 Å². The summed E-state index contributed by atoms with van der Waals surface area (Å²) < 4.78 is 2.26. The molecule has 2 aromatic heterocycles. The van der Waals surface area contributed by atoms with E-state index in [1.807, 2.05) is 13.0 Å². The highest BCUT2D eigenvalue weighted by molar-refractivity contribution is 5.75.